The third kappa shape index (κ3) is 9.96. The molecule has 24 heavy (non-hydrogen) atoms. The molecule has 4 N–H and O–H groups in total. The summed E-state index contributed by atoms with van der Waals surface area (Å²) in [7, 11) is -4.08. The van der Waals surface area contributed by atoms with Crippen molar-refractivity contribution in [2.75, 3.05) is 0 Å². The summed E-state index contributed by atoms with van der Waals surface area (Å²) in [6.45, 7) is 2.25. The summed E-state index contributed by atoms with van der Waals surface area (Å²) in [6, 6.07) is 6.56. The molecule has 0 amide bonds. The highest BCUT2D eigenvalue weighted by atomic mass is 127. The van der Waals surface area contributed by atoms with Gasteiger partial charge in [-0.3, -0.25) is 4.55 Å². The van der Waals surface area contributed by atoms with Crippen molar-refractivity contribution in [2.45, 2.75) is 80.0 Å². The average Bonchev–Trinajstić information content (AvgIpc) is 2.52. The van der Waals surface area contributed by atoms with Crippen LogP contribution in [0.25, 0.3) is 0 Å². The zero-order chi connectivity index (χ0) is 17.1. The first kappa shape index (κ1) is 23.8. The van der Waals surface area contributed by atoms with Crippen LogP contribution in [0.5, 0.6) is 0 Å². The Morgan fingerprint density at radius 3 is 1.83 bits per heavy atom. The van der Waals surface area contributed by atoms with Crippen LogP contribution in [0.1, 0.15) is 80.6 Å². The Labute approximate surface area is 161 Å². The van der Waals surface area contributed by atoms with Crippen LogP contribution in [-0.4, -0.2) is 13.0 Å². The summed E-state index contributed by atoms with van der Waals surface area (Å²) < 4.78 is 31.4. The molecule has 1 atom stereocenters. The predicted octanol–water partition coefficient (Wildman–Crippen LogP) is 6.49. The van der Waals surface area contributed by atoms with E-state index in [-0.39, 0.29) is 11.0 Å². The third-order valence-electron chi connectivity index (χ3n) is 4.10. The summed E-state index contributed by atoms with van der Waals surface area (Å²) in [6.07, 6.45) is 13.1. The molecule has 0 bridgehead atoms. The summed E-state index contributed by atoms with van der Waals surface area (Å²) in [5, 5.41) is 0. The number of halogens is 1. The fraction of sp³-hybridized carbons (Fsp3) is 0.667. The van der Waals surface area contributed by atoms with Crippen LogP contribution in [0.3, 0.4) is 0 Å². The van der Waals surface area contributed by atoms with E-state index in [1.54, 1.807) is 12.1 Å². The van der Waals surface area contributed by atoms with Crippen molar-refractivity contribution in [2.24, 2.45) is 0 Å². The highest BCUT2D eigenvalue weighted by molar-refractivity contribution is 14.1. The van der Waals surface area contributed by atoms with Crippen LogP contribution in [0.4, 0.5) is 0 Å². The predicted molar refractivity (Wildman–Crippen MR) is 110 cm³/mol. The quantitative estimate of drug-likeness (QED) is 0.158. The first-order chi connectivity index (χ1) is 10.9. The normalized spacial score (nSPS) is 12.6. The lowest BCUT2D eigenvalue weighted by Crippen LogP contribution is -1.98. The van der Waals surface area contributed by atoms with Gasteiger partial charge in [0, 0.05) is 3.92 Å². The van der Waals surface area contributed by atoms with Crippen molar-refractivity contribution < 1.29 is 13.0 Å². The molecule has 0 radical (unpaired) electrons. The third-order valence-corrected chi connectivity index (χ3v) is 6.31. The molecule has 0 spiro atoms. The molecule has 6 heteroatoms. The van der Waals surface area contributed by atoms with Crippen LogP contribution in [-0.2, 0) is 10.1 Å². The van der Waals surface area contributed by atoms with Gasteiger partial charge in [0.2, 0.25) is 0 Å². The first-order valence-corrected chi connectivity index (χ1v) is 11.3. The summed E-state index contributed by atoms with van der Waals surface area (Å²) in [4.78, 5) is -0.0343. The van der Waals surface area contributed by atoms with Crippen LogP contribution in [0.2, 0.25) is 0 Å². The molecule has 4 nitrogen and oxygen atoms in total. The Morgan fingerprint density at radius 1 is 0.917 bits per heavy atom. The molecule has 1 aromatic rings. The lowest BCUT2D eigenvalue weighted by atomic mass is 10.0. The van der Waals surface area contributed by atoms with Gasteiger partial charge in [-0.05, 0) is 24.1 Å². The molecule has 1 unspecified atom stereocenters. The van der Waals surface area contributed by atoms with Gasteiger partial charge in [-0.1, -0.05) is 99.4 Å². The topological polar surface area (TPSA) is 89.4 Å². The maximum Gasteiger partial charge on any atom is 0.294 e. The van der Waals surface area contributed by atoms with Crippen molar-refractivity contribution in [1.82, 2.24) is 6.15 Å². The molecule has 0 heterocycles. The van der Waals surface area contributed by atoms with E-state index in [4.69, 9.17) is 4.55 Å². The van der Waals surface area contributed by atoms with E-state index in [1.807, 2.05) is 0 Å². The molecule has 0 aromatic heterocycles. The summed E-state index contributed by atoms with van der Waals surface area (Å²) >= 11 is 2.41. The van der Waals surface area contributed by atoms with Crippen molar-refractivity contribution in [3.8, 4) is 0 Å². The minimum Gasteiger partial charge on any atom is -0.344 e. The van der Waals surface area contributed by atoms with Crippen LogP contribution in [0.15, 0.2) is 29.2 Å². The first-order valence-electron chi connectivity index (χ1n) is 8.66. The van der Waals surface area contributed by atoms with E-state index in [0.29, 0.717) is 3.92 Å². The van der Waals surface area contributed by atoms with Gasteiger partial charge in [0.1, 0.15) is 0 Å². The van der Waals surface area contributed by atoms with Crippen molar-refractivity contribution in [1.29, 1.82) is 0 Å². The Morgan fingerprint density at radius 2 is 1.38 bits per heavy atom. The second kappa shape index (κ2) is 13.1. The molecule has 0 saturated carbocycles. The number of alkyl halides is 1. The van der Waals surface area contributed by atoms with E-state index in [1.165, 1.54) is 69.9 Å². The standard InChI is InChI=1S/C18H29IO3S.H3N/c1-2-3-4-5-6-7-8-9-10-11-18(19)16-12-14-17(15-13-16)23(20,21)22;/h12-15,18H,2-11H2,1H3,(H,20,21,22);1H3. The van der Waals surface area contributed by atoms with Crippen molar-refractivity contribution in [3.05, 3.63) is 29.8 Å². The van der Waals surface area contributed by atoms with E-state index in [2.05, 4.69) is 29.5 Å². The number of benzene rings is 1. The Balaban J connectivity index is 0.00000529. The minimum atomic E-state index is -4.08. The van der Waals surface area contributed by atoms with E-state index in [0.717, 1.165) is 12.0 Å². The molecule has 0 aliphatic rings. The molecule has 1 rings (SSSR count). The van der Waals surface area contributed by atoms with Gasteiger partial charge >= 0.3 is 0 Å². The van der Waals surface area contributed by atoms with Gasteiger partial charge in [0.05, 0.1) is 4.90 Å². The highest BCUT2D eigenvalue weighted by Crippen LogP contribution is 2.30. The van der Waals surface area contributed by atoms with Gasteiger partial charge < -0.3 is 6.15 Å². The smallest absolute Gasteiger partial charge is 0.294 e. The lowest BCUT2D eigenvalue weighted by molar-refractivity contribution is 0.483. The maximum absolute atomic E-state index is 11.0. The number of rotatable bonds is 12. The molecule has 0 aliphatic carbocycles. The molecule has 0 aliphatic heterocycles. The number of unbranched alkanes of at least 4 members (excludes halogenated alkanes) is 8. The molecule has 0 fully saturated rings. The monoisotopic (exact) mass is 469 g/mol. The Bertz CT molecular complexity index is 532. The van der Waals surface area contributed by atoms with E-state index in [9.17, 15) is 8.42 Å². The highest BCUT2D eigenvalue weighted by Gasteiger charge is 2.11. The summed E-state index contributed by atoms with van der Waals surface area (Å²) in [5.74, 6) is 0. The fourth-order valence-corrected chi connectivity index (χ4v) is 3.99. The largest absolute Gasteiger partial charge is 0.344 e. The van der Waals surface area contributed by atoms with Crippen LogP contribution >= 0.6 is 22.6 Å². The van der Waals surface area contributed by atoms with Gasteiger partial charge in [-0.2, -0.15) is 8.42 Å². The molecule has 140 valence electrons. The number of hydrogen-bond acceptors (Lipinski definition) is 3. The van der Waals surface area contributed by atoms with Crippen molar-refractivity contribution >= 4 is 32.7 Å². The Hall–Kier alpha value is -0.180. The SMILES string of the molecule is CCCCCCCCCCCC(I)c1ccc(S(=O)(=O)O)cc1.N. The maximum atomic E-state index is 11.0. The molecular weight excluding hydrogens is 437 g/mol. The minimum absolute atomic E-state index is 0. The van der Waals surface area contributed by atoms with Gasteiger partial charge in [-0.15, -0.1) is 0 Å². The molecular formula is C18H32INO3S. The Kier molecular flexibility index (Phi) is 13.0. The summed E-state index contributed by atoms with van der Waals surface area (Å²) in [5.41, 5.74) is 1.12. The molecule has 1 aromatic carbocycles. The van der Waals surface area contributed by atoms with Crippen LogP contribution in [0, 0.1) is 0 Å². The fourth-order valence-electron chi connectivity index (χ4n) is 2.65. The zero-order valence-corrected chi connectivity index (χ0v) is 17.7. The van der Waals surface area contributed by atoms with E-state index < -0.39 is 10.1 Å². The average molecular weight is 469 g/mol. The van der Waals surface area contributed by atoms with Crippen LogP contribution < -0.4 is 6.15 Å². The number of hydrogen-bond donors (Lipinski definition) is 2. The lowest BCUT2D eigenvalue weighted by Gasteiger charge is -2.10. The second-order valence-corrected chi connectivity index (χ2v) is 9.05. The van der Waals surface area contributed by atoms with Crippen molar-refractivity contribution in [3.63, 3.8) is 0 Å². The van der Waals surface area contributed by atoms with Gasteiger partial charge in [0.25, 0.3) is 10.1 Å². The zero-order valence-electron chi connectivity index (χ0n) is 14.7. The van der Waals surface area contributed by atoms with E-state index >= 15 is 0 Å². The molecule has 0 saturated heterocycles. The second-order valence-electron chi connectivity index (χ2n) is 6.13. The van der Waals surface area contributed by atoms with Gasteiger partial charge in [0.15, 0.2) is 0 Å². The van der Waals surface area contributed by atoms with Gasteiger partial charge in [-0.25, -0.2) is 0 Å².